The van der Waals surface area contributed by atoms with Crippen molar-refractivity contribution in [2.75, 3.05) is 20.6 Å². The number of nitrogens with zero attached hydrogens (tertiary/aromatic N) is 4. The van der Waals surface area contributed by atoms with Crippen LogP contribution < -0.4 is 5.48 Å². The molecule has 0 aliphatic carbocycles. The van der Waals surface area contributed by atoms with E-state index in [1.807, 2.05) is 23.8 Å². The first kappa shape index (κ1) is 21.1. The normalized spacial score (nSPS) is 12.4. The summed E-state index contributed by atoms with van der Waals surface area (Å²) in [7, 11) is 4.22. The number of pyridine rings is 1. The Morgan fingerprint density at radius 2 is 2.15 bits per heavy atom. The molecule has 0 atom stereocenters. The number of unbranched alkanes of at least 4 members (excludes halogenated alkanes) is 1. The van der Waals surface area contributed by atoms with Crippen LogP contribution in [0.5, 0.6) is 0 Å². The van der Waals surface area contributed by atoms with Crippen molar-refractivity contribution < 1.29 is 5.21 Å². The van der Waals surface area contributed by atoms with E-state index in [4.69, 9.17) is 15.2 Å². The number of imidazole rings is 1. The summed E-state index contributed by atoms with van der Waals surface area (Å²) in [6.45, 7) is 12.3. The number of hydrogen-bond donors (Lipinski definition) is 2. The van der Waals surface area contributed by atoms with Crippen LogP contribution in [-0.4, -0.2) is 45.3 Å². The summed E-state index contributed by atoms with van der Waals surface area (Å²) in [5, 5.41) is 8.84. The first-order valence-corrected chi connectivity index (χ1v) is 9.52. The van der Waals surface area contributed by atoms with Gasteiger partial charge in [-0.05, 0) is 43.6 Å². The van der Waals surface area contributed by atoms with Gasteiger partial charge in [-0.1, -0.05) is 39.8 Å². The molecule has 0 saturated heterocycles. The summed E-state index contributed by atoms with van der Waals surface area (Å²) < 4.78 is 2.29. The van der Waals surface area contributed by atoms with Gasteiger partial charge in [0, 0.05) is 25.7 Å². The molecule has 0 aliphatic heterocycles. The van der Waals surface area contributed by atoms with Gasteiger partial charge in [-0.3, -0.25) is 10.7 Å². The zero-order chi connectivity index (χ0) is 20.0. The van der Waals surface area contributed by atoms with E-state index in [0.29, 0.717) is 5.70 Å². The lowest BCUT2D eigenvalue weighted by Gasteiger charge is -2.29. The third-order valence-corrected chi connectivity index (χ3v) is 4.39. The Morgan fingerprint density at radius 3 is 2.78 bits per heavy atom. The number of fused-ring (bicyclic) bond motifs is 1. The summed E-state index contributed by atoms with van der Waals surface area (Å²) in [5.41, 5.74) is 5.34. The van der Waals surface area contributed by atoms with Crippen LogP contribution in [-0.2, 0) is 13.0 Å². The molecule has 0 aliphatic rings. The Balaban J connectivity index is 2.40. The maximum absolute atomic E-state index is 8.84. The molecular formula is C21H33N5O. The van der Waals surface area contributed by atoms with Crippen LogP contribution in [0.1, 0.15) is 45.0 Å². The lowest BCUT2D eigenvalue weighted by Crippen LogP contribution is -2.33. The van der Waals surface area contributed by atoms with Gasteiger partial charge in [0.15, 0.2) is 5.65 Å². The average Bonchev–Trinajstić information content (AvgIpc) is 2.92. The maximum Gasteiger partial charge on any atom is 0.160 e. The van der Waals surface area contributed by atoms with E-state index in [0.717, 1.165) is 54.9 Å². The fourth-order valence-electron chi connectivity index (χ4n) is 3.42. The number of allylic oxidation sites excluding steroid dienone is 1. The summed E-state index contributed by atoms with van der Waals surface area (Å²) in [6.07, 6.45) is 8.62. The van der Waals surface area contributed by atoms with Gasteiger partial charge in [-0.15, -0.1) is 0 Å². The van der Waals surface area contributed by atoms with E-state index in [-0.39, 0.29) is 5.41 Å². The molecule has 0 saturated carbocycles. The van der Waals surface area contributed by atoms with Gasteiger partial charge in [-0.25, -0.2) is 9.97 Å². The number of aryl methyl sites for hydroxylation is 1. The molecular weight excluding hydrogens is 338 g/mol. The summed E-state index contributed by atoms with van der Waals surface area (Å²) in [5.74, 6) is 1.11. The minimum absolute atomic E-state index is 0.114. The van der Waals surface area contributed by atoms with Crippen molar-refractivity contribution in [1.82, 2.24) is 24.9 Å². The molecule has 0 aromatic carbocycles. The molecule has 6 nitrogen and oxygen atoms in total. The Bertz CT molecular complexity index is 804. The predicted molar refractivity (Wildman–Crippen MR) is 112 cm³/mol. The van der Waals surface area contributed by atoms with Crippen molar-refractivity contribution in [1.29, 1.82) is 0 Å². The van der Waals surface area contributed by atoms with Crippen molar-refractivity contribution in [3.05, 3.63) is 42.0 Å². The molecule has 0 fully saturated rings. The Labute approximate surface area is 162 Å². The molecule has 0 amide bonds. The van der Waals surface area contributed by atoms with Crippen LogP contribution >= 0.6 is 0 Å². The Hall–Kier alpha value is -2.18. The highest BCUT2D eigenvalue weighted by Crippen LogP contribution is 2.25. The van der Waals surface area contributed by atoms with E-state index < -0.39 is 0 Å². The van der Waals surface area contributed by atoms with Crippen molar-refractivity contribution in [2.45, 2.75) is 46.6 Å². The molecule has 6 heteroatoms. The zero-order valence-corrected chi connectivity index (χ0v) is 17.3. The van der Waals surface area contributed by atoms with Crippen LogP contribution in [0.3, 0.4) is 0 Å². The second kappa shape index (κ2) is 9.15. The first-order chi connectivity index (χ1) is 12.8. The smallest absolute Gasteiger partial charge is 0.160 e. The molecule has 2 aromatic heterocycles. The van der Waals surface area contributed by atoms with Crippen molar-refractivity contribution >= 4 is 17.2 Å². The third kappa shape index (κ3) is 5.91. The predicted octanol–water partition coefficient (Wildman–Crippen LogP) is 3.87. The fraction of sp³-hybridized carbons (Fsp3) is 0.524. The SMILES string of the molecule is C=C(/C=C/c1cnc2c(c1)nc(CCCC)n2CC(C)(C)CN(C)C)NO. The lowest BCUT2D eigenvalue weighted by atomic mass is 9.92. The second-order valence-corrected chi connectivity index (χ2v) is 8.20. The Morgan fingerprint density at radius 1 is 1.41 bits per heavy atom. The molecule has 0 bridgehead atoms. The highest BCUT2D eigenvalue weighted by Gasteiger charge is 2.23. The van der Waals surface area contributed by atoms with Crippen molar-refractivity contribution in [3.63, 3.8) is 0 Å². The number of rotatable bonds is 10. The van der Waals surface area contributed by atoms with E-state index >= 15 is 0 Å². The van der Waals surface area contributed by atoms with Crippen molar-refractivity contribution in [2.24, 2.45) is 5.41 Å². The molecule has 27 heavy (non-hydrogen) atoms. The van der Waals surface area contributed by atoms with E-state index in [9.17, 15) is 0 Å². The number of hydroxylamine groups is 1. The van der Waals surface area contributed by atoms with Gasteiger partial charge in [0.25, 0.3) is 0 Å². The third-order valence-electron chi connectivity index (χ3n) is 4.39. The average molecular weight is 372 g/mol. The zero-order valence-electron chi connectivity index (χ0n) is 17.3. The minimum Gasteiger partial charge on any atom is -0.312 e. The number of nitrogens with one attached hydrogen (secondary N) is 1. The van der Waals surface area contributed by atoms with Crippen LogP contribution in [0.25, 0.3) is 17.2 Å². The van der Waals surface area contributed by atoms with Crippen LogP contribution in [0.4, 0.5) is 0 Å². The number of hydrogen-bond acceptors (Lipinski definition) is 5. The standard InChI is InChI=1S/C21H33N5O/c1-7-8-9-19-23-18-12-17(11-10-16(2)24-27)13-22-20(18)26(19)15-21(3,4)14-25(5)6/h10-13,24,27H,2,7-9,14-15H2,1,3-6H3/b11-10+. The van der Waals surface area contributed by atoms with Gasteiger partial charge in [0.05, 0.1) is 5.70 Å². The Kier molecular flexibility index (Phi) is 7.16. The van der Waals surface area contributed by atoms with Crippen molar-refractivity contribution in [3.8, 4) is 0 Å². The van der Waals surface area contributed by atoms with Gasteiger partial charge >= 0.3 is 0 Å². The maximum atomic E-state index is 8.84. The molecule has 148 valence electrons. The van der Waals surface area contributed by atoms with Crippen LogP contribution in [0.2, 0.25) is 0 Å². The molecule has 0 unspecified atom stereocenters. The monoisotopic (exact) mass is 371 g/mol. The molecule has 0 radical (unpaired) electrons. The highest BCUT2D eigenvalue weighted by molar-refractivity contribution is 5.75. The minimum atomic E-state index is 0.114. The van der Waals surface area contributed by atoms with Gasteiger partial charge in [-0.2, -0.15) is 0 Å². The first-order valence-electron chi connectivity index (χ1n) is 9.52. The quantitative estimate of drug-likeness (QED) is 0.490. The van der Waals surface area contributed by atoms with Crippen LogP contribution in [0.15, 0.2) is 30.6 Å². The van der Waals surface area contributed by atoms with Gasteiger partial charge in [0.1, 0.15) is 11.3 Å². The second-order valence-electron chi connectivity index (χ2n) is 8.20. The summed E-state index contributed by atoms with van der Waals surface area (Å²) >= 11 is 0. The summed E-state index contributed by atoms with van der Waals surface area (Å²) in [4.78, 5) is 11.8. The van der Waals surface area contributed by atoms with E-state index in [1.165, 1.54) is 0 Å². The molecule has 2 rings (SSSR count). The highest BCUT2D eigenvalue weighted by atomic mass is 16.5. The lowest BCUT2D eigenvalue weighted by molar-refractivity contribution is 0.205. The van der Waals surface area contributed by atoms with Gasteiger partial charge < -0.3 is 9.47 Å². The largest absolute Gasteiger partial charge is 0.312 e. The fourth-order valence-corrected chi connectivity index (χ4v) is 3.42. The van der Waals surface area contributed by atoms with Crippen LogP contribution in [0, 0.1) is 5.41 Å². The number of aromatic nitrogens is 3. The molecule has 0 spiro atoms. The van der Waals surface area contributed by atoms with Gasteiger partial charge in [0.2, 0.25) is 0 Å². The topological polar surface area (TPSA) is 66.2 Å². The summed E-state index contributed by atoms with van der Waals surface area (Å²) in [6, 6.07) is 2.04. The molecule has 2 N–H and O–H groups in total. The van der Waals surface area contributed by atoms with E-state index in [2.05, 4.69) is 50.9 Å². The van der Waals surface area contributed by atoms with E-state index in [1.54, 1.807) is 6.08 Å². The molecule has 2 heterocycles. The molecule has 2 aromatic rings.